The van der Waals surface area contributed by atoms with Crippen LogP contribution in [-0.2, 0) is 0 Å². The lowest BCUT2D eigenvalue weighted by Gasteiger charge is -2.11. The van der Waals surface area contributed by atoms with Crippen molar-refractivity contribution in [3.63, 3.8) is 0 Å². The molecule has 1 aromatic heterocycles. The summed E-state index contributed by atoms with van der Waals surface area (Å²) in [6.07, 6.45) is 1.66. The lowest BCUT2D eigenvalue weighted by molar-refractivity contribution is 0.102. The summed E-state index contributed by atoms with van der Waals surface area (Å²) in [6, 6.07) is 8.32. The Hall–Kier alpha value is -1.87. The van der Waals surface area contributed by atoms with E-state index in [1.165, 1.54) is 6.07 Å². The average Bonchev–Trinajstić information content (AvgIpc) is 2.50. The van der Waals surface area contributed by atoms with Crippen molar-refractivity contribution < 1.29 is 14.7 Å². The van der Waals surface area contributed by atoms with Gasteiger partial charge in [0.05, 0.1) is 6.61 Å². The van der Waals surface area contributed by atoms with Gasteiger partial charge in [-0.15, -0.1) is 0 Å². The molecule has 2 rings (SSSR count). The first kappa shape index (κ1) is 15.5. The van der Waals surface area contributed by atoms with Crippen LogP contribution in [0.5, 0.6) is 5.75 Å². The van der Waals surface area contributed by atoms with Gasteiger partial charge in [0.2, 0.25) is 0 Å². The Bertz CT molecular complexity index is 632. The summed E-state index contributed by atoms with van der Waals surface area (Å²) in [5, 5.41) is 11.8. The van der Waals surface area contributed by atoms with Crippen LogP contribution in [0.1, 0.15) is 17.3 Å². The topological polar surface area (TPSA) is 83.5 Å². The molecule has 0 spiro atoms. The van der Waals surface area contributed by atoms with E-state index < -0.39 is 0 Å². The van der Waals surface area contributed by atoms with Crippen LogP contribution >= 0.6 is 22.6 Å². The van der Waals surface area contributed by atoms with Gasteiger partial charge >= 0.3 is 0 Å². The van der Waals surface area contributed by atoms with E-state index in [9.17, 15) is 4.79 Å². The van der Waals surface area contributed by atoms with Crippen LogP contribution in [0.4, 0.5) is 11.5 Å². The smallest absolute Gasteiger partial charge is 0.256 e. The first-order chi connectivity index (χ1) is 10.1. The Balaban J connectivity index is 2.17. The molecule has 0 unspecified atom stereocenters. The van der Waals surface area contributed by atoms with E-state index in [4.69, 9.17) is 9.94 Å². The largest absolute Gasteiger partial charge is 0.492 e. The number of carbonyl (C=O) groups excluding carboxylic acids is 1. The number of carbonyl (C=O) groups is 1. The van der Waals surface area contributed by atoms with Crippen LogP contribution in [0.15, 0.2) is 36.5 Å². The maximum absolute atomic E-state index is 12.1. The monoisotopic (exact) mass is 399 g/mol. The summed E-state index contributed by atoms with van der Waals surface area (Å²) in [6.45, 7) is 2.30. The number of hydrogen-bond acceptors (Lipinski definition) is 5. The Labute approximate surface area is 135 Å². The molecular formula is C14H14IN3O3. The predicted octanol–water partition coefficient (Wildman–Crippen LogP) is 3.14. The molecule has 6 nitrogen and oxygen atoms in total. The van der Waals surface area contributed by atoms with Crippen molar-refractivity contribution >= 4 is 40.0 Å². The van der Waals surface area contributed by atoms with Crippen LogP contribution in [0.25, 0.3) is 0 Å². The zero-order chi connectivity index (χ0) is 15.2. The molecule has 0 saturated heterocycles. The van der Waals surface area contributed by atoms with Gasteiger partial charge in [0.1, 0.15) is 17.3 Å². The summed E-state index contributed by atoms with van der Waals surface area (Å²) in [5.74, 6) is 0.625. The molecule has 1 amide bonds. The van der Waals surface area contributed by atoms with Gasteiger partial charge in [0, 0.05) is 15.3 Å². The highest BCUT2D eigenvalue weighted by atomic mass is 127. The van der Waals surface area contributed by atoms with E-state index in [2.05, 4.69) is 32.9 Å². The molecule has 21 heavy (non-hydrogen) atoms. The normalized spacial score (nSPS) is 10.0. The highest BCUT2D eigenvalue weighted by Crippen LogP contribution is 2.25. The minimum Gasteiger partial charge on any atom is -0.492 e. The fourth-order valence-electron chi connectivity index (χ4n) is 1.68. The standard InChI is InChI=1S/C14H14IN3O3/c1-2-21-12-5-3-9(7-11(12)18-20)14(19)17-13-6-4-10(15)8-16-13/h3-8,18,20H,2H2,1H3,(H,16,17,19). The van der Waals surface area contributed by atoms with E-state index in [1.807, 2.05) is 18.5 Å². The van der Waals surface area contributed by atoms with Gasteiger partial charge in [-0.3, -0.25) is 15.5 Å². The fraction of sp³-hybridized carbons (Fsp3) is 0.143. The number of nitrogens with zero attached hydrogens (tertiary/aromatic N) is 1. The molecule has 0 atom stereocenters. The maximum Gasteiger partial charge on any atom is 0.256 e. The third-order valence-corrected chi connectivity index (χ3v) is 3.27. The van der Waals surface area contributed by atoms with E-state index >= 15 is 0 Å². The van der Waals surface area contributed by atoms with Crippen molar-refractivity contribution in [2.24, 2.45) is 0 Å². The van der Waals surface area contributed by atoms with E-state index in [-0.39, 0.29) is 5.91 Å². The number of hydrogen-bond donors (Lipinski definition) is 3. The van der Waals surface area contributed by atoms with E-state index in [1.54, 1.807) is 24.4 Å². The molecule has 0 aliphatic heterocycles. The molecule has 0 fully saturated rings. The SMILES string of the molecule is CCOc1ccc(C(=O)Nc2ccc(I)cn2)cc1NO. The van der Waals surface area contributed by atoms with Crippen molar-refractivity contribution in [1.82, 2.24) is 4.98 Å². The zero-order valence-corrected chi connectivity index (χ0v) is 13.4. The predicted molar refractivity (Wildman–Crippen MR) is 87.9 cm³/mol. The van der Waals surface area contributed by atoms with Crippen molar-refractivity contribution in [1.29, 1.82) is 0 Å². The fourth-order valence-corrected chi connectivity index (χ4v) is 2.00. The minimum absolute atomic E-state index is 0.316. The van der Waals surface area contributed by atoms with Crippen LogP contribution in [-0.4, -0.2) is 22.7 Å². The number of benzene rings is 1. The Morgan fingerprint density at radius 2 is 2.19 bits per heavy atom. The molecule has 0 saturated carbocycles. The molecule has 2 aromatic rings. The number of amides is 1. The van der Waals surface area contributed by atoms with Gasteiger partial charge in [-0.2, -0.15) is 0 Å². The second kappa shape index (κ2) is 7.23. The highest BCUT2D eigenvalue weighted by Gasteiger charge is 2.11. The second-order valence-electron chi connectivity index (χ2n) is 4.07. The van der Waals surface area contributed by atoms with Crippen LogP contribution in [0.2, 0.25) is 0 Å². The molecule has 3 N–H and O–H groups in total. The molecule has 1 aromatic carbocycles. The van der Waals surface area contributed by atoms with Crippen molar-refractivity contribution in [3.8, 4) is 5.75 Å². The lowest BCUT2D eigenvalue weighted by Crippen LogP contribution is -2.13. The first-order valence-corrected chi connectivity index (χ1v) is 7.31. The van der Waals surface area contributed by atoms with Gasteiger partial charge in [0.15, 0.2) is 0 Å². The Morgan fingerprint density at radius 1 is 1.38 bits per heavy atom. The van der Waals surface area contributed by atoms with Crippen molar-refractivity contribution in [2.45, 2.75) is 6.92 Å². The summed E-state index contributed by atoms with van der Waals surface area (Å²) >= 11 is 2.14. The zero-order valence-electron chi connectivity index (χ0n) is 11.3. The van der Waals surface area contributed by atoms with Crippen LogP contribution in [0, 0.1) is 3.57 Å². The molecule has 0 aliphatic rings. The Morgan fingerprint density at radius 3 is 2.81 bits per heavy atom. The van der Waals surface area contributed by atoms with Gasteiger partial charge in [-0.1, -0.05) is 0 Å². The van der Waals surface area contributed by atoms with Crippen molar-refractivity contribution in [2.75, 3.05) is 17.4 Å². The molecule has 1 heterocycles. The van der Waals surface area contributed by atoms with Gasteiger partial charge in [-0.25, -0.2) is 4.98 Å². The number of pyridine rings is 1. The van der Waals surface area contributed by atoms with Crippen LogP contribution in [0.3, 0.4) is 0 Å². The van der Waals surface area contributed by atoms with Gasteiger partial charge < -0.3 is 10.1 Å². The Kier molecular flexibility index (Phi) is 5.34. The number of halogens is 1. The lowest BCUT2D eigenvalue weighted by atomic mass is 10.1. The molecule has 110 valence electrons. The highest BCUT2D eigenvalue weighted by molar-refractivity contribution is 14.1. The molecular weight excluding hydrogens is 385 g/mol. The summed E-state index contributed by atoms with van der Waals surface area (Å²) in [7, 11) is 0. The third-order valence-electron chi connectivity index (χ3n) is 2.63. The minimum atomic E-state index is -0.316. The molecule has 7 heteroatoms. The van der Waals surface area contributed by atoms with Gasteiger partial charge in [0.25, 0.3) is 5.91 Å². The van der Waals surface area contributed by atoms with Crippen molar-refractivity contribution in [3.05, 3.63) is 45.7 Å². The second-order valence-corrected chi connectivity index (χ2v) is 5.32. The van der Waals surface area contributed by atoms with E-state index in [0.29, 0.717) is 29.4 Å². The quantitative estimate of drug-likeness (QED) is 0.532. The first-order valence-electron chi connectivity index (χ1n) is 6.24. The summed E-state index contributed by atoms with van der Waals surface area (Å²) in [4.78, 5) is 16.2. The molecule has 0 radical (unpaired) electrons. The number of aromatic nitrogens is 1. The van der Waals surface area contributed by atoms with Crippen LogP contribution < -0.4 is 15.5 Å². The number of rotatable bonds is 5. The number of anilines is 2. The number of ether oxygens (including phenoxy) is 1. The molecule has 0 aliphatic carbocycles. The molecule has 0 bridgehead atoms. The summed E-state index contributed by atoms with van der Waals surface area (Å²) < 4.78 is 6.31. The average molecular weight is 399 g/mol. The number of nitrogens with one attached hydrogen (secondary N) is 2. The summed E-state index contributed by atoms with van der Waals surface area (Å²) in [5.41, 5.74) is 2.74. The third kappa shape index (κ3) is 4.05. The van der Waals surface area contributed by atoms with E-state index in [0.717, 1.165) is 3.57 Å². The maximum atomic E-state index is 12.1. The van der Waals surface area contributed by atoms with Gasteiger partial charge in [-0.05, 0) is 59.8 Å².